The van der Waals surface area contributed by atoms with Crippen LogP contribution in [0.5, 0.6) is 0 Å². The first-order valence-corrected chi connectivity index (χ1v) is 11.7. The van der Waals surface area contributed by atoms with Crippen LogP contribution in [0.15, 0.2) is 65.7 Å². The second-order valence-corrected chi connectivity index (χ2v) is 8.75. The zero-order chi connectivity index (χ0) is 21.5. The fraction of sp³-hybridized carbons (Fsp3) is 0.500. The Bertz CT molecular complexity index is 824. The molecule has 2 aliphatic rings. The maximum atomic E-state index is 6.03. The monoisotopic (exact) mass is 548 g/mol. The van der Waals surface area contributed by atoms with E-state index in [1.54, 1.807) is 0 Å². The number of halogens is 1. The van der Waals surface area contributed by atoms with Crippen molar-refractivity contribution in [3.63, 3.8) is 0 Å². The normalized spacial score (nSPS) is 23.4. The summed E-state index contributed by atoms with van der Waals surface area (Å²) in [6.45, 7) is 6.24. The Balaban J connectivity index is 0.00000289. The van der Waals surface area contributed by atoms with Crippen molar-refractivity contribution in [2.45, 2.75) is 44.4 Å². The molecule has 0 radical (unpaired) electrons. The van der Waals surface area contributed by atoms with Crippen LogP contribution in [0.25, 0.3) is 0 Å². The molecule has 32 heavy (non-hydrogen) atoms. The number of piperidine rings is 1. The average Bonchev–Trinajstić information content (AvgIpc) is 3.31. The maximum absolute atomic E-state index is 6.03. The lowest BCUT2D eigenvalue weighted by Crippen LogP contribution is -2.49. The molecule has 4 rings (SSSR count). The quantitative estimate of drug-likeness (QED) is 0.310. The van der Waals surface area contributed by atoms with Gasteiger partial charge in [-0.05, 0) is 37.3 Å². The number of nitrogens with zero attached hydrogens (tertiary/aromatic N) is 2. The summed E-state index contributed by atoms with van der Waals surface area (Å²) in [5.41, 5.74) is 2.67. The van der Waals surface area contributed by atoms with Gasteiger partial charge in [-0.3, -0.25) is 9.89 Å². The lowest BCUT2D eigenvalue weighted by atomic mass is 9.95. The van der Waals surface area contributed by atoms with Crippen LogP contribution in [0.1, 0.15) is 49.5 Å². The fourth-order valence-electron chi connectivity index (χ4n) is 4.84. The summed E-state index contributed by atoms with van der Waals surface area (Å²) >= 11 is 0. The third-order valence-electron chi connectivity index (χ3n) is 6.80. The second kappa shape index (κ2) is 12.6. The third-order valence-corrected chi connectivity index (χ3v) is 6.80. The lowest BCUT2D eigenvalue weighted by Gasteiger charge is -2.37. The van der Waals surface area contributed by atoms with Crippen LogP contribution in [-0.4, -0.2) is 50.2 Å². The van der Waals surface area contributed by atoms with Gasteiger partial charge in [-0.15, -0.1) is 24.0 Å². The van der Waals surface area contributed by atoms with E-state index in [9.17, 15) is 0 Å². The minimum atomic E-state index is 0. The largest absolute Gasteiger partial charge is 0.373 e. The number of likely N-dealkylation sites (tertiary alicyclic amines) is 1. The summed E-state index contributed by atoms with van der Waals surface area (Å²) in [6.07, 6.45) is 3.53. The predicted octanol–water partition coefficient (Wildman–Crippen LogP) is 4.77. The van der Waals surface area contributed by atoms with Crippen molar-refractivity contribution in [3.05, 3.63) is 71.8 Å². The molecule has 2 aromatic carbocycles. The Morgan fingerprint density at radius 3 is 2.34 bits per heavy atom. The number of benzene rings is 2. The highest BCUT2D eigenvalue weighted by Crippen LogP contribution is 2.33. The van der Waals surface area contributed by atoms with E-state index in [0.717, 1.165) is 51.5 Å². The molecular formula is C26H37IN4O. The Morgan fingerprint density at radius 2 is 1.69 bits per heavy atom. The van der Waals surface area contributed by atoms with Gasteiger partial charge in [0.2, 0.25) is 0 Å². The molecular weight excluding hydrogens is 511 g/mol. The highest BCUT2D eigenvalue weighted by atomic mass is 127. The summed E-state index contributed by atoms with van der Waals surface area (Å²) in [5, 5.41) is 7.22. The number of guanidine groups is 1. The SMILES string of the molecule is CN=C(NCC1CCOC1c1ccccc1)NC1CCN(C(C)c2ccccc2)CC1.I. The van der Waals surface area contributed by atoms with Crippen molar-refractivity contribution in [1.82, 2.24) is 15.5 Å². The molecule has 2 fully saturated rings. The van der Waals surface area contributed by atoms with Gasteiger partial charge in [0.15, 0.2) is 5.96 Å². The molecule has 174 valence electrons. The van der Waals surface area contributed by atoms with Gasteiger partial charge in [-0.2, -0.15) is 0 Å². The van der Waals surface area contributed by atoms with Crippen LogP contribution in [0.4, 0.5) is 0 Å². The summed E-state index contributed by atoms with van der Waals surface area (Å²) in [7, 11) is 1.86. The van der Waals surface area contributed by atoms with Crippen LogP contribution in [-0.2, 0) is 4.74 Å². The first-order valence-electron chi connectivity index (χ1n) is 11.7. The summed E-state index contributed by atoms with van der Waals surface area (Å²) in [6, 6.07) is 22.3. The van der Waals surface area contributed by atoms with Crippen LogP contribution in [0.2, 0.25) is 0 Å². The number of hydrogen-bond acceptors (Lipinski definition) is 3. The molecule has 0 aromatic heterocycles. The van der Waals surface area contributed by atoms with E-state index in [2.05, 4.69) is 88.1 Å². The van der Waals surface area contributed by atoms with Crippen molar-refractivity contribution in [1.29, 1.82) is 0 Å². The molecule has 2 saturated heterocycles. The average molecular weight is 549 g/mol. The molecule has 0 bridgehead atoms. The number of aliphatic imine (C=N–C) groups is 1. The van der Waals surface area contributed by atoms with Crippen LogP contribution >= 0.6 is 24.0 Å². The molecule has 0 amide bonds. The summed E-state index contributed by atoms with van der Waals surface area (Å²) in [5.74, 6) is 1.38. The van der Waals surface area contributed by atoms with Gasteiger partial charge in [-0.1, -0.05) is 60.7 Å². The zero-order valence-electron chi connectivity index (χ0n) is 19.2. The molecule has 5 nitrogen and oxygen atoms in total. The van der Waals surface area contributed by atoms with Gasteiger partial charge in [0.1, 0.15) is 0 Å². The van der Waals surface area contributed by atoms with Crippen LogP contribution in [0, 0.1) is 5.92 Å². The number of ether oxygens (including phenoxy) is 1. The minimum absolute atomic E-state index is 0. The minimum Gasteiger partial charge on any atom is -0.373 e. The van der Waals surface area contributed by atoms with Crippen LogP contribution in [0.3, 0.4) is 0 Å². The molecule has 2 N–H and O–H groups in total. The van der Waals surface area contributed by atoms with E-state index in [4.69, 9.17) is 4.74 Å². The van der Waals surface area contributed by atoms with E-state index in [-0.39, 0.29) is 30.1 Å². The Morgan fingerprint density at radius 1 is 1.03 bits per heavy atom. The molecule has 3 unspecified atom stereocenters. The second-order valence-electron chi connectivity index (χ2n) is 8.75. The van der Waals surface area contributed by atoms with Gasteiger partial charge < -0.3 is 15.4 Å². The number of nitrogens with one attached hydrogen (secondary N) is 2. The van der Waals surface area contributed by atoms with Gasteiger partial charge >= 0.3 is 0 Å². The van der Waals surface area contributed by atoms with E-state index in [1.165, 1.54) is 11.1 Å². The molecule has 0 aliphatic carbocycles. The zero-order valence-corrected chi connectivity index (χ0v) is 21.6. The first kappa shape index (κ1) is 25.0. The molecule has 0 saturated carbocycles. The maximum Gasteiger partial charge on any atom is 0.191 e. The molecule has 2 heterocycles. The highest BCUT2D eigenvalue weighted by Gasteiger charge is 2.30. The van der Waals surface area contributed by atoms with Gasteiger partial charge in [0, 0.05) is 51.3 Å². The van der Waals surface area contributed by atoms with Crippen molar-refractivity contribution >= 4 is 29.9 Å². The smallest absolute Gasteiger partial charge is 0.191 e. The topological polar surface area (TPSA) is 48.9 Å². The van der Waals surface area contributed by atoms with Gasteiger partial charge in [-0.25, -0.2) is 0 Å². The Hall–Kier alpha value is -1.64. The van der Waals surface area contributed by atoms with Crippen molar-refractivity contribution in [3.8, 4) is 0 Å². The predicted molar refractivity (Wildman–Crippen MR) is 143 cm³/mol. The van der Waals surface area contributed by atoms with E-state index in [1.807, 2.05) is 7.05 Å². The molecule has 6 heteroatoms. The Kier molecular flexibility index (Phi) is 9.81. The van der Waals surface area contributed by atoms with Crippen molar-refractivity contribution in [2.24, 2.45) is 10.9 Å². The molecule has 2 aliphatic heterocycles. The lowest BCUT2D eigenvalue weighted by molar-refractivity contribution is 0.0914. The Labute approximate surface area is 210 Å². The molecule has 3 atom stereocenters. The fourth-order valence-corrected chi connectivity index (χ4v) is 4.84. The number of hydrogen-bond donors (Lipinski definition) is 2. The van der Waals surface area contributed by atoms with E-state index in [0.29, 0.717) is 18.0 Å². The van der Waals surface area contributed by atoms with Crippen molar-refractivity contribution in [2.75, 3.05) is 33.3 Å². The van der Waals surface area contributed by atoms with E-state index >= 15 is 0 Å². The van der Waals surface area contributed by atoms with Gasteiger partial charge in [0.25, 0.3) is 0 Å². The standard InChI is InChI=1S/C26H36N4O.HI/c1-20(21-9-5-3-6-10-21)30-16-13-24(14-17-30)29-26(27-2)28-19-23-15-18-31-25(23)22-11-7-4-8-12-22;/h3-12,20,23-25H,13-19H2,1-2H3,(H2,27,28,29);1H. The van der Waals surface area contributed by atoms with Crippen LogP contribution < -0.4 is 10.6 Å². The van der Waals surface area contributed by atoms with E-state index < -0.39 is 0 Å². The molecule has 0 spiro atoms. The first-order chi connectivity index (χ1) is 15.2. The summed E-state index contributed by atoms with van der Waals surface area (Å²) < 4.78 is 6.03. The van der Waals surface area contributed by atoms with Gasteiger partial charge in [0.05, 0.1) is 6.10 Å². The highest BCUT2D eigenvalue weighted by molar-refractivity contribution is 14.0. The summed E-state index contributed by atoms with van der Waals surface area (Å²) in [4.78, 5) is 7.07. The number of rotatable bonds is 6. The van der Waals surface area contributed by atoms with Crippen molar-refractivity contribution < 1.29 is 4.74 Å². The molecule has 2 aromatic rings. The third kappa shape index (κ3) is 6.45.